The maximum Gasteiger partial charge on any atom is 0.248 e. The molecule has 0 aromatic rings. The van der Waals surface area contributed by atoms with Gasteiger partial charge in [-0.3, -0.25) is 4.79 Å². The summed E-state index contributed by atoms with van der Waals surface area (Å²) in [5, 5.41) is 11.9. The number of aliphatic hydroxyl groups excluding tert-OH is 1. The van der Waals surface area contributed by atoms with Crippen LogP contribution in [0.2, 0.25) is 0 Å². The zero-order chi connectivity index (χ0) is 15.7. The van der Waals surface area contributed by atoms with E-state index in [1.807, 2.05) is 27.8 Å². The van der Waals surface area contributed by atoms with Crippen molar-refractivity contribution in [3.05, 3.63) is 12.2 Å². The first-order valence-corrected chi connectivity index (χ1v) is 6.50. The Labute approximate surface area is 119 Å². The molecule has 0 spiro atoms. The Bertz CT molecular complexity index is 241. The molecule has 0 aromatic heterocycles. The molecule has 6 heteroatoms. The van der Waals surface area contributed by atoms with Gasteiger partial charge in [0.2, 0.25) is 5.91 Å². The number of carbonyl (C=O) groups is 2. The van der Waals surface area contributed by atoms with Gasteiger partial charge in [0, 0.05) is 28.6 Å². The van der Waals surface area contributed by atoms with Crippen molar-refractivity contribution in [2.45, 2.75) is 33.9 Å². The van der Waals surface area contributed by atoms with E-state index in [1.54, 1.807) is 0 Å². The Kier molecular flexibility index (Phi) is 23.0. The van der Waals surface area contributed by atoms with Crippen LogP contribution in [0.1, 0.15) is 30.5 Å². The number of nitrogens with two attached hydrogens (primary N) is 1. The highest BCUT2D eigenvalue weighted by Gasteiger charge is 2.20. The minimum Gasteiger partial charge on any atom is -0.370 e. The van der Waals surface area contributed by atoms with Gasteiger partial charge in [-0.05, 0) is 27.0 Å². The lowest BCUT2D eigenvalue weighted by atomic mass is 10.5. The van der Waals surface area contributed by atoms with Crippen molar-refractivity contribution in [2.75, 3.05) is 26.7 Å². The van der Waals surface area contributed by atoms with Crippen molar-refractivity contribution in [2.24, 2.45) is 5.73 Å². The molecule has 0 fully saturated rings. The van der Waals surface area contributed by atoms with E-state index >= 15 is 0 Å². The lowest BCUT2D eigenvalue weighted by molar-refractivity contribution is -0.130. The van der Waals surface area contributed by atoms with E-state index in [1.165, 1.54) is 24.0 Å². The third-order valence-corrected chi connectivity index (χ3v) is 1.75. The predicted octanol–water partition coefficient (Wildman–Crippen LogP) is 0.611. The summed E-state index contributed by atoms with van der Waals surface area (Å²) in [5.41, 5.74) is 5.08. The second-order valence-electron chi connectivity index (χ2n) is 3.02. The SMILES string of the molecule is CC.CC=O.CCN1C(=O)C=CC1O.CNCCN.[HH].[HH]. The summed E-state index contributed by atoms with van der Waals surface area (Å²) in [6.45, 7) is 9.48. The number of likely N-dealkylation sites (N-methyl/N-ethyl adjacent to an activating group) is 2. The molecule has 4 N–H and O–H groups in total. The van der Waals surface area contributed by atoms with Crippen LogP contribution >= 0.6 is 0 Å². The highest BCUT2D eigenvalue weighted by atomic mass is 16.3. The Morgan fingerprint density at radius 2 is 2.05 bits per heavy atom. The smallest absolute Gasteiger partial charge is 0.248 e. The molecule has 118 valence electrons. The van der Waals surface area contributed by atoms with Crippen LogP contribution in [0, 0.1) is 0 Å². The highest BCUT2D eigenvalue weighted by molar-refractivity contribution is 5.90. The third kappa shape index (κ3) is 14.7. The van der Waals surface area contributed by atoms with Crippen LogP contribution < -0.4 is 11.1 Å². The van der Waals surface area contributed by atoms with Crippen LogP contribution in [-0.4, -0.2) is 55.1 Å². The van der Waals surface area contributed by atoms with E-state index in [2.05, 4.69) is 5.32 Å². The maximum atomic E-state index is 10.7. The zero-order valence-electron chi connectivity index (χ0n) is 12.7. The van der Waals surface area contributed by atoms with Gasteiger partial charge in [-0.15, -0.1) is 0 Å². The van der Waals surface area contributed by atoms with Gasteiger partial charge in [-0.25, -0.2) is 0 Å². The molecule has 1 unspecified atom stereocenters. The number of hydrogen-bond donors (Lipinski definition) is 3. The fourth-order valence-electron chi connectivity index (χ4n) is 0.986. The second-order valence-corrected chi connectivity index (χ2v) is 3.02. The summed E-state index contributed by atoms with van der Waals surface area (Å²) in [7, 11) is 1.88. The van der Waals surface area contributed by atoms with Gasteiger partial charge in [-0.2, -0.15) is 0 Å². The Morgan fingerprint density at radius 3 is 2.16 bits per heavy atom. The van der Waals surface area contributed by atoms with Gasteiger partial charge in [0.1, 0.15) is 12.5 Å². The van der Waals surface area contributed by atoms with Crippen molar-refractivity contribution in [1.82, 2.24) is 10.2 Å². The molecule has 1 amide bonds. The van der Waals surface area contributed by atoms with Crippen LogP contribution in [0.3, 0.4) is 0 Å². The van der Waals surface area contributed by atoms with Gasteiger partial charge >= 0.3 is 0 Å². The van der Waals surface area contributed by atoms with E-state index in [-0.39, 0.29) is 8.76 Å². The molecule has 1 rings (SSSR count). The Hall–Kier alpha value is -1.24. The fraction of sp³-hybridized carbons (Fsp3) is 0.692. The van der Waals surface area contributed by atoms with Crippen molar-refractivity contribution in [3.8, 4) is 0 Å². The lowest BCUT2D eigenvalue weighted by Gasteiger charge is -2.16. The Balaban J connectivity index is -0.0000000621. The predicted molar refractivity (Wildman–Crippen MR) is 82.8 cm³/mol. The molecule has 19 heavy (non-hydrogen) atoms. The van der Waals surface area contributed by atoms with Crippen molar-refractivity contribution in [3.63, 3.8) is 0 Å². The van der Waals surface area contributed by atoms with Crippen molar-refractivity contribution < 1.29 is 17.5 Å². The number of amides is 1. The largest absolute Gasteiger partial charge is 0.370 e. The minimum absolute atomic E-state index is 0. The molecule has 1 atom stereocenters. The number of rotatable bonds is 3. The number of aldehydes is 1. The summed E-state index contributed by atoms with van der Waals surface area (Å²) in [6.07, 6.45) is 2.92. The van der Waals surface area contributed by atoms with Crippen LogP contribution in [0.5, 0.6) is 0 Å². The standard InChI is InChI=1S/C6H9NO2.C3H10N2.C2H4O.C2H6.2H2/c1-2-7-5(8)3-4-6(7)9;1-5-3-2-4;1-2-3;1-2;;/h3-5,8H,2H2,1H3;5H,2-4H2,1H3;2H,1H3;1-2H3;2*1H. The van der Waals surface area contributed by atoms with Crippen molar-refractivity contribution in [1.29, 1.82) is 0 Å². The summed E-state index contributed by atoms with van der Waals surface area (Å²) in [5.74, 6) is -0.106. The average Bonchev–Trinajstić information content (AvgIpc) is 2.73. The Morgan fingerprint density at radius 1 is 1.58 bits per heavy atom. The fourth-order valence-corrected chi connectivity index (χ4v) is 0.986. The summed E-state index contributed by atoms with van der Waals surface area (Å²) < 4.78 is 0. The maximum absolute atomic E-state index is 10.7. The van der Waals surface area contributed by atoms with E-state index < -0.39 is 6.23 Å². The molecular formula is C13H33N3O3. The summed E-state index contributed by atoms with van der Waals surface area (Å²) in [6, 6.07) is 0. The number of aliphatic hydroxyl groups is 1. The molecule has 1 aliphatic heterocycles. The van der Waals surface area contributed by atoms with E-state index in [4.69, 9.17) is 15.6 Å². The molecule has 0 saturated heterocycles. The molecule has 0 radical (unpaired) electrons. The van der Waals surface area contributed by atoms with E-state index in [0.29, 0.717) is 6.54 Å². The van der Waals surface area contributed by atoms with Gasteiger partial charge in [-0.1, -0.05) is 13.8 Å². The number of carbonyl (C=O) groups excluding carboxylic acids is 2. The van der Waals surface area contributed by atoms with Gasteiger partial charge in [0.15, 0.2) is 0 Å². The molecule has 0 aliphatic carbocycles. The third-order valence-electron chi connectivity index (χ3n) is 1.75. The number of hydrogen-bond acceptors (Lipinski definition) is 5. The second kappa shape index (κ2) is 19.1. The zero-order valence-corrected chi connectivity index (χ0v) is 12.7. The average molecular weight is 279 g/mol. The summed E-state index contributed by atoms with van der Waals surface area (Å²) >= 11 is 0. The lowest BCUT2D eigenvalue weighted by Crippen LogP contribution is -2.33. The topological polar surface area (TPSA) is 95.7 Å². The monoisotopic (exact) mass is 279 g/mol. The molecule has 1 aliphatic rings. The van der Waals surface area contributed by atoms with Gasteiger partial charge < -0.3 is 25.9 Å². The first-order chi connectivity index (χ1) is 9.08. The van der Waals surface area contributed by atoms with Gasteiger partial charge in [0.25, 0.3) is 0 Å². The number of nitrogens with zero attached hydrogens (tertiary/aromatic N) is 1. The van der Waals surface area contributed by atoms with Crippen LogP contribution in [0.4, 0.5) is 0 Å². The number of nitrogens with one attached hydrogen (secondary N) is 1. The quantitative estimate of drug-likeness (QED) is 0.658. The molecule has 0 saturated carbocycles. The molecule has 1 heterocycles. The molecule has 0 aromatic carbocycles. The van der Waals surface area contributed by atoms with Crippen LogP contribution in [0.25, 0.3) is 0 Å². The first-order valence-electron chi connectivity index (χ1n) is 6.50. The van der Waals surface area contributed by atoms with Crippen LogP contribution in [-0.2, 0) is 9.59 Å². The highest BCUT2D eigenvalue weighted by Crippen LogP contribution is 2.06. The minimum atomic E-state index is -0.692. The van der Waals surface area contributed by atoms with Crippen LogP contribution in [0.15, 0.2) is 12.2 Å². The van der Waals surface area contributed by atoms with Gasteiger partial charge in [0.05, 0.1) is 0 Å². The normalized spacial score (nSPS) is 15.4. The molecule has 0 bridgehead atoms. The van der Waals surface area contributed by atoms with E-state index in [9.17, 15) is 4.79 Å². The van der Waals surface area contributed by atoms with Crippen molar-refractivity contribution >= 4 is 12.2 Å². The van der Waals surface area contributed by atoms with E-state index in [0.717, 1.165) is 19.4 Å². The first kappa shape index (κ1) is 22.9. The molecule has 6 nitrogen and oxygen atoms in total. The summed E-state index contributed by atoms with van der Waals surface area (Å²) in [4.78, 5) is 20.9. The molecular weight excluding hydrogens is 246 g/mol.